The normalized spacial score (nSPS) is 20.3. The van der Waals surface area contributed by atoms with Crippen molar-refractivity contribution in [1.29, 1.82) is 0 Å². The fourth-order valence-corrected chi connectivity index (χ4v) is 24.4. The molecule has 12 aromatic rings. The van der Waals surface area contributed by atoms with E-state index in [-0.39, 0.29) is 49.2 Å². The molecule has 33 nitrogen and oxygen atoms in total. The van der Waals surface area contributed by atoms with Gasteiger partial charge in [0.15, 0.2) is 22.6 Å². The molecular weight excluding hydrogens is 1990 g/mol. The van der Waals surface area contributed by atoms with Gasteiger partial charge in [0.25, 0.3) is 0 Å². The Kier molecular flexibility index (Phi) is 33.3. The number of anilines is 4. The molecule has 8 atom stereocenters. The topological polar surface area (TPSA) is 372 Å². The number of nitrogens with zero attached hydrogens (tertiary/aromatic N) is 24. The summed E-state index contributed by atoms with van der Waals surface area (Å²) in [5.74, 6) is 6.08. The summed E-state index contributed by atoms with van der Waals surface area (Å²) in [7, 11) is -3.43. The van der Waals surface area contributed by atoms with Crippen LogP contribution in [0.1, 0.15) is 174 Å². The maximum absolute atomic E-state index is 11.3. The van der Waals surface area contributed by atoms with Crippen molar-refractivity contribution in [2.45, 2.75) is 157 Å². The number of aryl methyl sites for hydroxylation is 4. The average molecular weight is 2120 g/mol. The van der Waals surface area contributed by atoms with Gasteiger partial charge in [-0.2, -0.15) is 20.4 Å². The molecule has 758 valence electrons. The van der Waals surface area contributed by atoms with Crippen LogP contribution in [-0.4, -0.2) is 277 Å². The lowest BCUT2D eigenvalue weighted by atomic mass is 9.80. The lowest BCUT2D eigenvalue weighted by molar-refractivity contribution is -0.138. The van der Waals surface area contributed by atoms with Crippen LogP contribution in [0.4, 0.5) is 23.3 Å². The highest BCUT2D eigenvalue weighted by Gasteiger charge is 2.43. The predicted octanol–water partition coefficient (Wildman–Crippen LogP) is 17.9. The van der Waals surface area contributed by atoms with Crippen LogP contribution in [0.5, 0.6) is 0 Å². The second-order valence-electron chi connectivity index (χ2n) is 39.7. The van der Waals surface area contributed by atoms with Gasteiger partial charge in [0.1, 0.15) is 45.3 Å². The van der Waals surface area contributed by atoms with Crippen molar-refractivity contribution >= 4 is 189 Å². The molecule has 20 rings (SSSR count). The Labute approximate surface area is 867 Å². The maximum Gasteiger partial charge on any atom is 0.304 e. The number of nitrogens with two attached hydrogens (primary N) is 1. The molecule has 8 fully saturated rings. The molecule has 0 aliphatic carbocycles. The lowest BCUT2D eigenvalue weighted by Gasteiger charge is -2.47. The molecule has 0 radical (unpaired) electrons. The monoisotopic (exact) mass is 2110 g/mol. The summed E-state index contributed by atoms with van der Waals surface area (Å²) < 4.78 is 30.3. The summed E-state index contributed by atoms with van der Waals surface area (Å²) in [4.78, 5) is 89.8. The molecular formula is C100H123Cl8N25O8S. The summed E-state index contributed by atoms with van der Waals surface area (Å²) in [6, 6.07) is 21.6. The molecule has 0 amide bonds. The van der Waals surface area contributed by atoms with Gasteiger partial charge in [-0.25, -0.2) is 72.2 Å². The van der Waals surface area contributed by atoms with Gasteiger partial charge in [-0.1, -0.05) is 117 Å². The standard InChI is InChI=1S/C26H32Cl2N6O2.2C25H30Cl2N6O2.C24H31Cl2N7O2S/c1-16-25-26(34(31-16)17(2)21-8-7-20(27)11-22(21)28)30-23(12-29-25)33-14-19(15-33)18-5-3-9-32(13-18)10-4-6-24(35)36;2*1-15-24-25(33(30-15)16(2)20-6-5-19(26)10-21(20)27)29-22(11-28-24)32-13-18(14-32)17-4-3-8-31(12-17)9-7-23(34)35;1-15-23-24(33(30-15)16(2)20-6-5-19(25)10-21(20)26)29-22(11-28-23)32-13-18(14-32)17-4-3-7-31(12-17)8-9-36(27,34)35/h7-8,11-12,17-19H,3-6,9-10,13-15H2,1-2H3,(H,35,36);2*5-6,10-11,16-18H,3-4,7-9,12-14H2,1-2H3,(H,34,35);5-6,10-11,16-18H,3-4,7-9,12-14H2,1-2H3,(H2,27,34,35)/t17-,18-;16-,17+;2*16-,17-/m1111/s1. The van der Waals surface area contributed by atoms with Gasteiger partial charge in [0, 0.05) is 145 Å². The average Bonchev–Trinajstić information content (AvgIpc) is 1.57. The number of carbonyl (C=O) groups is 3. The molecule has 16 heterocycles. The molecule has 4 aromatic carbocycles. The van der Waals surface area contributed by atoms with Crippen molar-refractivity contribution in [3.05, 3.63) is 183 Å². The van der Waals surface area contributed by atoms with Gasteiger partial charge in [0.2, 0.25) is 10.0 Å². The first kappa shape index (κ1) is 104. The van der Waals surface area contributed by atoms with E-state index in [1.165, 1.54) is 32.1 Å². The van der Waals surface area contributed by atoms with E-state index in [1.807, 2.05) is 141 Å². The third-order valence-corrected chi connectivity index (χ3v) is 33.0. The van der Waals surface area contributed by atoms with E-state index >= 15 is 0 Å². The van der Waals surface area contributed by atoms with E-state index in [0.717, 1.165) is 250 Å². The van der Waals surface area contributed by atoms with Crippen LogP contribution in [0, 0.1) is 75.0 Å². The predicted molar refractivity (Wildman–Crippen MR) is 560 cm³/mol. The number of hydrogen-bond acceptors (Lipinski definition) is 25. The highest BCUT2D eigenvalue weighted by Crippen LogP contribution is 2.43. The Morgan fingerprint density at radius 2 is 0.592 bits per heavy atom. The van der Waals surface area contributed by atoms with E-state index < -0.39 is 27.9 Å². The van der Waals surface area contributed by atoms with Crippen LogP contribution in [0.3, 0.4) is 0 Å². The molecule has 8 aliphatic heterocycles. The Balaban J connectivity index is 0.000000130. The zero-order valence-electron chi connectivity index (χ0n) is 81.1. The number of aliphatic carboxylic acids is 3. The molecule has 8 aliphatic rings. The SMILES string of the molecule is Cc1nn([C@H](C)c2ccc(Cl)cc2Cl)c2nc(N3CC([C@@H]4CCCN(CCC(=O)O)C4)C3)cnc12.Cc1nn([C@H](C)c2ccc(Cl)cc2Cl)c2nc(N3CC([C@@H]4CCCN(CCCC(=O)O)C4)C3)cnc12.Cc1nn([C@H](C)c2ccc(Cl)cc2Cl)c2nc(N3CC([C@@H]4CCCN(CCS(N)(=O)=O)C4)C3)cnc12.Cc1nn([C@H](C)c2ccc(Cl)cc2Cl)c2nc(N3CC([C@H]4CCCN(CCC(=O)O)C4)C3)cnc12. The van der Waals surface area contributed by atoms with Crippen LogP contribution < -0.4 is 24.7 Å². The molecule has 0 unspecified atom stereocenters. The highest BCUT2D eigenvalue weighted by molar-refractivity contribution is 7.89. The summed E-state index contributed by atoms with van der Waals surface area (Å²) >= 11 is 50.3. The van der Waals surface area contributed by atoms with Crippen molar-refractivity contribution in [3.8, 4) is 0 Å². The fraction of sp³-hybridized carbons (Fsp3) is 0.530. The van der Waals surface area contributed by atoms with Crippen LogP contribution >= 0.6 is 92.8 Å². The van der Waals surface area contributed by atoms with Gasteiger partial charge in [0.05, 0.1) is 90.3 Å². The Hall–Kier alpha value is -9.24. The summed E-state index contributed by atoms with van der Waals surface area (Å²) in [6.45, 7) is 34.2. The van der Waals surface area contributed by atoms with Gasteiger partial charge in [-0.3, -0.25) is 14.4 Å². The van der Waals surface area contributed by atoms with Crippen molar-refractivity contribution in [3.63, 3.8) is 0 Å². The highest BCUT2D eigenvalue weighted by atomic mass is 35.5. The van der Waals surface area contributed by atoms with Gasteiger partial charge < -0.3 is 54.5 Å². The number of benzene rings is 4. The number of fused-ring (bicyclic) bond motifs is 4. The minimum atomic E-state index is -3.43. The third kappa shape index (κ3) is 24.3. The number of aromatic nitrogens is 16. The summed E-state index contributed by atoms with van der Waals surface area (Å²) in [5.41, 5.74) is 13.2. The zero-order chi connectivity index (χ0) is 100. The molecule has 0 bridgehead atoms. The third-order valence-electron chi connectivity index (χ3n) is 30.0. The Morgan fingerprint density at radius 3 is 0.824 bits per heavy atom. The van der Waals surface area contributed by atoms with Crippen molar-refractivity contribution in [2.24, 2.45) is 52.5 Å². The number of carboxylic acids is 3. The fourth-order valence-electron chi connectivity index (χ4n) is 21.7. The summed E-state index contributed by atoms with van der Waals surface area (Å²) in [6.07, 6.45) is 18.1. The molecule has 5 N–H and O–H groups in total. The first-order chi connectivity index (χ1) is 68.0. The number of likely N-dealkylation sites (tertiary alicyclic amines) is 4. The first-order valence-electron chi connectivity index (χ1n) is 49.2. The molecule has 0 spiro atoms. The molecule has 0 saturated carbocycles. The van der Waals surface area contributed by atoms with Crippen molar-refractivity contribution < 1.29 is 38.1 Å². The number of carboxylic acid groups (broad SMARTS) is 3. The van der Waals surface area contributed by atoms with Crippen LogP contribution in [0.25, 0.3) is 44.7 Å². The quantitative estimate of drug-likeness (QED) is 0.0338. The van der Waals surface area contributed by atoms with E-state index in [2.05, 4.69) is 46.1 Å². The smallest absolute Gasteiger partial charge is 0.304 e. The van der Waals surface area contributed by atoms with Crippen LogP contribution in [-0.2, 0) is 24.4 Å². The first-order valence-corrected chi connectivity index (χ1v) is 53.9. The van der Waals surface area contributed by atoms with Crippen LogP contribution in [0.15, 0.2) is 97.6 Å². The van der Waals surface area contributed by atoms with E-state index in [9.17, 15) is 22.8 Å². The van der Waals surface area contributed by atoms with Crippen molar-refractivity contribution in [1.82, 2.24) is 98.6 Å². The number of halogens is 8. The van der Waals surface area contributed by atoms with Gasteiger partial charge in [-0.15, -0.1) is 0 Å². The second kappa shape index (κ2) is 45.4. The van der Waals surface area contributed by atoms with Gasteiger partial charge >= 0.3 is 17.9 Å². The minimum Gasteiger partial charge on any atom is -0.481 e. The van der Waals surface area contributed by atoms with E-state index in [1.54, 1.807) is 24.3 Å². The number of hydrogen-bond donors (Lipinski definition) is 4. The molecule has 8 aromatic heterocycles. The molecule has 142 heavy (non-hydrogen) atoms. The van der Waals surface area contributed by atoms with E-state index in [4.69, 9.17) is 174 Å². The zero-order valence-corrected chi connectivity index (χ0v) is 88.0. The minimum absolute atomic E-state index is 0.0128. The Bertz CT molecular complexity index is 6500. The van der Waals surface area contributed by atoms with Crippen molar-refractivity contribution in [2.75, 3.05) is 156 Å². The van der Waals surface area contributed by atoms with Crippen LogP contribution in [0.2, 0.25) is 40.2 Å². The Morgan fingerprint density at radius 1 is 0.352 bits per heavy atom. The molecule has 8 saturated heterocycles. The largest absolute Gasteiger partial charge is 0.481 e. The molecule has 42 heteroatoms. The number of rotatable bonds is 29. The maximum atomic E-state index is 11.3. The van der Waals surface area contributed by atoms with E-state index in [0.29, 0.717) is 107 Å². The number of primary sulfonamides is 1. The lowest BCUT2D eigenvalue weighted by Crippen LogP contribution is -2.54. The second-order valence-corrected chi connectivity index (χ2v) is 44.8. The number of piperidine rings is 4. The summed E-state index contributed by atoms with van der Waals surface area (Å²) in [5, 5.41) is 55.8. The number of sulfonamides is 1. The van der Waals surface area contributed by atoms with Gasteiger partial charge in [-0.05, 0) is 264 Å².